The third kappa shape index (κ3) is 21.4. The summed E-state index contributed by atoms with van der Waals surface area (Å²) >= 11 is 0. The molecule has 0 heterocycles. The Morgan fingerprint density at radius 3 is 1.29 bits per heavy atom. The van der Waals surface area contributed by atoms with Gasteiger partial charge in [-0.25, -0.2) is 4.79 Å². The normalized spacial score (nSPS) is 12.9. The topological polar surface area (TPSA) is 26.3 Å². The van der Waals surface area contributed by atoms with Crippen molar-refractivity contribution in [3.8, 4) is 0 Å². The molecule has 0 radical (unpaired) electrons. The van der Waals surface area contributed by atoms with Gasteiger partial charge in [0, 0.05) is 5.41 Å². The highest BCUT2D eigenvalue weighted by Crippen LogP contribution is 2.32. The maximum atomic E-state index is 13.0. The summed E-state index contributed by atoms with van der Waals surface area (Å²) in [6, 6.07) is 8.22. The van der Waals surface area contributed by atoms with Crippen LogP contribution in [-0.4, -0.2) is 12.6 Å². The van der Waals surface area contributed by atoms with Crippen molar-refractivity contribution < 1.29 is 9.53 Å². The van der Waals surface area contributed by atoms with E-state index in [-0.39, 0.29) is 11.4 Å². The molecule has 244 valence electrons. The standard InChI is InChI=1S/C40H72O2/c1-5-8-11-14-17-19-20-22-25-28-35-40(4,34-27-24-21-18-15-12-9-6-2)36-42-39(41)38-32-30-37(31-33-38)29-26-23-16-13-10-7-3/h30-33H,5-29,34-36H2,1-4H3. The lowest BCUT2D eigenvalue weighted by Gasteiger charge is -2.29. The number of unbranched alkanes of at least 4 members (excludes halogenated alkanes) is 21. The highest BCUT2D eigenvalue weighted by molar-refractivity contribution is 5.89. The Kier molecular flexibility index (Phi) is 25.1. The monoisotopic (exact) mass is 585 g/mol. The van der Waals surface area contributed by atoms with Gasteiger partial charge in [-0.05, 0) is 43.4 Å². The third-order valence-electron chi connectivity index (χ3n) is 9.33. The first kappa shape index (κ1) is 38.7. The summed E-state index contributed by atoms with van der Waals surface area (Å²) in [6.07, 6.45) is 35.8. The zero-order valence-electron chi connectivity index (χ0n) is 28.9. The van der Waals surface area contributed by atoms with E-state index >= 15 is 0 Å². The van der Waals surface area contributed by atoms with E-state index in [4.69, 9.17) is 4.74 Å². The van der Waals surface area contributed by atoms with E-state index < -0.39 is 0 Å². The fourth-order valence-corrected chi connectivity index (χ4v) is 6.23. The summed E-state index contributed by atoms with van der Waals surface area (Å²) < 4.78 is 6.00. The highest BCUT2D eigenvalue weighted by atomic mass is 16.5. The molecule has 0 aromatic heterocycles. The van der Waals surface area contributed by atoms with Crippen molar-refractivity contribution >= 4 is 5.97 Å². The van der Waals surface area contributed by atoms with Crippen molar-refractivity contribution in [1.29, 1.82) is 0 Å². The van der Waals surface area contributed by atoms with Gasteiger partial charge in [-0.3, -0.25) is 0 Å². The lowest BCUT2D eigenvalue weighted by molar-refractivity contribution is 0.0264. The molecule has 0 aliphatic carbocycles. The Morgan fingerprint density at radius 2 is 0.881 bits per heavy atom. The first-order valence-electron chi connectivity index (χ1n) is 18.8. The molecule has 0 N–H and O–H groups in total. The second-order valence-corrected chi connectivity index (χ2v) is 13.8. The van der Waals surface area contributed by atoms with Crippen LogP contribution < -0.4 is 0 Å². The quantitative estimate of drug-likeness (QED) is 0.0664. The maximum Gasteiger partial charge on any atom is 0.338 e. The van der Waals surface area contributed by atoms with Gasteiger partial charge in [0.1, 0.15) is 0 Å². The van der Waals surface area contributed by atoms with E-state index in [1.165, 1.54) is 173 Å². The average molecular weight is 585 g/mol. The Morgan fingerprint density at radius 1 is 0.524 bits per heavy atom. The van der Waals surface area contributed by atoms with Crippen LogP contribution in [0.5, 0.6) is 0 Å². The molecule has 1 atom stereocenters. The predicted molar refractivity (Wildman–Crippen MR) is 186 cm³/mol. The number of rotatable bonds is 30. The third-order valence-corrected chi connectivity index (χ3v) is 9.33. The van der Waals surface area contributed by atoms with E-state index in [0.29, 0.717) is 12.2 Å². The van der Waals surface area contributed by atoms with E-state index in [2.05, 4.69) is 39.8 Å². The molecule has 2 nitrogen and oxygen atoms in total. The van der Waals surface area contributed by atoms with E-state index in [1.807, 2.05) is 12.1 Å². The second kappa shape index (κ2) is 27.3. The van der Waals surface area contributed by atoms with Gasteiger partial charge in [0.2, 0.25) is 0 Å². The molecule has 0 bridgehead atoms. The Bertz CT molecular complexity index is 724. The van der Waals surface area contributed by atoms with Crippen LogP contribution in [0.1, 0.15) is 211 Å². The van der Waals surface area contributed by atoms with Gasteiger partial charge < -0.3 is 4.74 Å². The molecule has 1 rings (SSSR count). The van der Waals surface area contributed by atoms with Gasteiger partial charge >= 0.3 is 5.97 Å². The van der Waals surface area contributed by atoms with Crippen LogP contribution in [0.2, 0.25) is 0 Å². The van der Waals surface area contributed by atoms with Gasteiger partial charge in [-0.1, -0.05) is 188 Å². The summed E-state index contributed by atoms with van der Waals surface area (Å²) in [6.45, 7) is 9.77. The largest absolute Gasteiger partial charge is 0.462 e. The van der Waals surface area contributed by atoms with Crippen LogP contribution in [0.4, 0.5) is 0 Å². The van der Waals surface area contributed by atoms with E-state index in [0.717, 1.165) is 6.42 Å². The zero-order chi connectivity index (χ0) is 30.6. The fraction of sp³-hybridized carbons (Fsp3) is 0.825. The van der Waals surface area contributed by atoms with Crippen molar-refractivity contribution in [2.45, 2.75) is 201 Å². The molecule has 0 saturated heterocycles. The molecule has 0 aliphatic rings. The first-order valence-corrected chi connectivity index (χ1v) is 18.8. The lowest BCUT2D eigenvalue weighted by Crippen LogP contribution is -2.25. The molecule has 42 heavy (non-hydrogen) atoms. The van der Waals surface area contributed by atoms with Crippen molar-refractivity contribution in [1.82, 2.24) is 0 Å². The number of carbonyl (C=O) groups is 1. The molecule has 0 fully saturated rings. The van der Waals surface area contributed by atoms with Crippen LogP contribution >= 0.6 is 0 Å². The predicted octanol–water partition coefficient (Wildman–Crippen LogP) is 13.6. The van der Waals surface area contributed by atoms with Crippen LogP contribution in [0.25, 0.3) is 0 Å². The lowest BCUT2D eigenvalue weighted by atomic mass is 9.80. The summed E-state index contributed by atoms with van der Waals surface area (Å²) in [5.41, 5.74) is 2.13. The van der Waals surface area contributed by atoms with Crippen molar-refractivity contribution in [2.75, 3.05) is 6.61 Å². The number of ether oxygens (including phenoxy) is 1. The van der Waals surface area contributed by atoms with Crippen molar-refractivity contribution in [2.24, 2.45) is 5.41 Å². The van der Waals surface area contributed by atoms with E-state index in [1.54, 1.807) is 0 Å². The summed E-state index contributed by atoms with van der Waals surface area (Å²) in [5, 5.41) is 0. The number of hydrogen-bond acceptors (Lipinski definition) is 2. The molecule has 1 unspecified atom stereocenters. The smallest absolute Gasteiger partial charge is 0.338 e. The minimum absolute atomic E-state index is 0.0930. The Balaban J connectivity index is 2.45. The maximum absolute atomic E-state index is 13.0. The van der Waals surface area contributed by atoms with Crippen molar-refractivity contribution in [3.05, 3.63) is 35.4 Å². The number of benzene rings is 1. The molecule has 2 heteroatoms. The molecule has 1 aromatic carbocycles. The number of esters is 1. The molecule has 0 spiro atoms. The van der Waals surface area contributed by atoms with Gasteiger partial charge in [-0.2, -0.15) is 0 Å². The zero-order valence-corrected chi connectivity index (χ0v) is 28.9. The van der Waals surface area contributed by atoms with Gasteiger partial charge in [0.05, 0.1) is 12.2 Å². The minimum atomic E-state index is -0.147. The number of aryl methyl sites for hydroxylation is 1. The molecular weight excluding hydrogens is 512 g/mol. The Labute approximate surface area is 263 Å². The summed E-state index contributed by atoms with van der Waals surface area (Å²) in [5.74, 6) is -0.147. The van der Waals surface area contributed by atoms with E-state index in [9.17, 15) is 4.79 Å². The number of hydrogen-bond donors (Lipinski definition) is 0. The second-order valence-electron chi connectivity index (χ2n) is 13.8. The molecule has 1 aromatic rings. The van der Waals surface area contributed by atoms with Crippen LogP contribution in [-0.2, 0) is 11.2 Å². The SMILES string of the molecule is CCCCCCCCCCCCC(C)(CCCCCCCCCC)COC(=O)c1ccc(CCCCCCCC)cc1. The first-order chi connectivity index (χ1) is 20.5. The fourth-order valence-electron chi connectivity index (χ4n) is 6.23. The Hall–Kier alpha value is -1.31. The van der Waals surface area contributed by atoms with Gasteiger partial charge in [0.25, 0.3) is 0 Å². The van der Waals surface area contributed by atoms with Crippen LogP contribution in [0.15, 0.2) is 24.3 Å². The van der Waals surface area contributed by atoms with Gasteiger partial charge in [-0.15, -0.1) is 0 Å². The van der Waals surface area contributed by atoms with Crippen molar-refractivity contribution in [3.63, 3.8) is 0 Å². The number of carbonyl (C=O) groups excluding carboxylic acids is 1. The van der Waals surface area contributed by atoms with Crippen LogP contribution in [0.3, 0.4) is 0 Å². The highest BCUT2D eigenvalue weighted by Gasteiger charge is 2.26. The molecular formula is C40H72O2. The molecule has 0 amide bonds. The molecule has 0 saturated carbocycles. The average Bonchev–Trinajstić information content (AvgIpc) is 3.00. The van der Waals surface area contributed by atoms with Crippen LogP contribution in [0, 0.1) is 5.41 Å². The summed E-state index contributed by atoms with van der Waals surface area (Å²) in [4.78, 5) is 13.0. The minimum Gasteiger partial charge on any atom is -0.462 e. The summed E-state index contributed by atoms with van der Waals surface area (Å²) in [7, 11) is 0. The molecule has 0 aliphatic heterocycles. The van der Waals surface area contributed by atoms with Gasteiger partial charge in [0.15, 0.2) is 0 Å².